The molecule has 0 aromatic heterocycles. The molecule has 0 rings (SSSR count). The Morgan fingerprint density at radius 1 is 0.371 bits per heavy atom. The standard InChI is InChI=1S/C11H23NO2.C9H21NO.C8H17NO.C8H19NO.C8H19N.C7H17N.C7H16.C6H15N.C6H14O2S.C6H14O.C6H14S.C6H14.C4H11N.C4H10O2/c1-6-8-12(9-7-2)10(13)14-11(3,4)5;1-3-6-10(7-4-2)8-5-9-11;1-4-6-9(7-5-2)8(3)10;1-3-5-9(6-4-2)7-8-10;1-4-7-9(6-3)8-5-2;1-5-8(6-2)7(3)4;2*1-3-5-7-6-4-2;1-3-5-9(7,8)6-4-2;2*1-3-5-7-6-4-2;1-3-5-6-4-2;1-3-5-4-2;1-5-3-4-6-2/h6-9H2,1-5H3;11H,3-9H2,1-2H3;4-7H2,1-3H3;10H,3-8H2,1-2H3;4-8H2,1-3H3;7H,5-6H2,1-4H3;3-7H2,1-2H3;7H,3-6H2,1-2H3;3-6H2,1-2H3;2*3-6H2,1-2H3;3-6H2,1-2H3;5H,3-4H2,1-2H3;3-4H2,1-2H3. The molecule has 0 aliphatic heterocycles. The lowest BCUT2D eigenvalue weighted by molar-refractivity contribution is -0.128. The Bertz CT molecular complexity index is 1550. The van der Waals surface area contributed by atoms with E-state index in [4.69, 9.17) is 19.7 Å². The highest BCUT2D eigenvalue weighted by molar-refractivity contribution is 7.99. The van der Waals surface area contributed by atoms with Crippen LogP contribution in [0.25, 0.3) is 0 Å². The topological polar surface area (TPSA) is 189 Å². The molecule has 720 valence electrons. The fourth-order valence-corrected chi connectivity index (χ4v) is 12.3. The summed E-state index contributed by atoms with van der Waals surface area (Å²) < 4.78 is 41.4. The van der Waals surface area contributed by atoms with Crippen LogP contribution in [0.1, 0.15) is 408 Å². The Kier molecular flexibility index (Phi) is 176. The van der Waals surface area contributed by atoms with E-state index in [9.17, 15) is 18.0 Å². The minimum Gasteiger partial charge on any atom is -0.444 e. The summed E-state index contributed by atoms with van der Waals surface area (Å²) in [7, 11) is 0.622. The average molecular weight is 1720 g/mol. The van der Waals surface area contributed by atoms with E-state index in [1.165, 1.54) is 192 Å². The van der Waals surface area contributed by atoms with Gasteiger partial charge < -0.3 is 69.2 Å². The second-order valence-corrected chi connectivity index (χ2v) is 33.6. The van der Waals surface area contributed by atoms with Crippen LogP contribution in [0, 0.1) is 0 Å². The number of carbonyl (C=O) groups excluding carboxylic acids is 2. The first-order valence-electron chi connectivity index (χ1n) is 48.5. The number of unbranched alkanes of at least 4 members (excludes halogenated alkanes) is 7. The third-order valence-corrected chi connectivity index (χ3v) is 19.2. The third kappa shape index (κ3) is 171. The minimum atomic E-state index is -2.68. The van der Waals surface area contributed by atoms with Crippen LogP contribution in [0.2, 0.25) is 0 Å². The number of nitrogens with one attached hydrogen (secondary N) is 2. The number of aliphatic hydroxyl groups is 2. The molecule has 0 aliphatic rings. The van der Waals surface area contributed by atoms with Crippen molar-refractivity contribution >= 4 is 33.6 Å². The molecule has 0 saturated carbocycles. The van der Waals surface area contributed by atoms with Crippen LogP contribution in [-0.2, 0) is 33.6 Å². The predicted octanol–water partition coefficient (Wildman–Crippen LogP) is 24.6. The quantitative estimate of drug-likeness (QED) is 0.0421. The summed E-state index contributed by atoms with van der Waals surface area (Å²) >= 11 is 2.05. The second kappa shape index (κ2) is 140. The molecule has 0 heterocycles. The van der Waals surface area contributed by atoms with Gasteiger partial charge in [0.15, 0.2) is 0 Å². The monoisotopic (exact) mass is 1710 g/mol. The van der Waals surface area contributed by atoms with Crippen molar-refractivity contribution < 1.29 is 47.2 Å². The maximum atomic E-state index is 11.6. The zero-order valence-electron chi connectivity index (χ0n) is 86.0. The first kappa shape index (κ1) is 146. The van der Waals surface area contributed by atoms with Gasteiger partial charge in [0.05, 0.1) is 19.8 Å². The molecule has 0 aromatic carbocycles. The van der Waals surface area contributed by atoms with Gasteiger partial charge in [-0.3, -0.25) is 4.79 Å². The van der Waals surface area contributed by atoms with Crippen LogP contribution in [0.15, 0.2) is 0 Å². The molecule has 0 saturated heterocycles. The molecule has 0 aliphatic carbocycles. The van der Waals surface area contributed by atoms with Crippen molar-refractivity contribution in [2.45, 2.75) is 420 Å². The van der Waals surface area contributed by atoms with Crippen molar-refractivity contribution in [1.82, 2.24) is 40.0 Å². The van der Waals surface area contributed by atoms with Crippen LogP contribution in [0.3, 0.4) is 0 Å². The maximum absolute atomic E-state index is 11.6. The Morgan fingerprint density at radius 3 is 0.931 bits per heavy atom. The average Bonchev–Trinajstić information content (AvgIpc) is 0.920. The lowest BCUT2D eigenvalue weighted by Crippen LogP contribution is -2.37. The van der Waals surface area contributed by atoms with Crippen molar-refractivity contribution in [3.63, 3.8) is 0 Å². The molecule has 18 nitrogen and oxygen atoms in total. The van der Waals surface area contributed by atoms with Gasteiger partial charge in [-0.15, -0.1) is 0 Å². The van der Waals surface area contributed by atoms with E-state index >= 15 is 0 Å². The van der Waals surface area contributed by atoms with Crippen LogP contribution >= 0.6 is 11.8 Å². The summed E-state index contributed by atoms with van der Waals surface area (Å²) in [5.41, 5.74) is -0.392. The lowest BCUT2D eigenvalue weighted by atomic mass is 10.2. The zero-order valence-corrected chi connectivity index (χ0v) is 87.7. The molecule has 0 atom stereocenters. The van der Waals surface area contributed by atoms with E-state index < -0.39 is 15.4 Å². The van der Waals surface area contributed by atoms with Gasteiger partial charge in [-0.05, 0) is 253 Å². The van der Waals surface area contributed by atoms with Crippen LogP contribution in [0.4, 0.5) is 4.79 Å². The minimum absolute atomic E-state index is 0.193. The fraction of sp³-hybridized carbons (Fsp3) is 0.979. The molecule has 0 aromatic rings. The zero-order chi connectivity index (χ0) is 92.5. The molecule has 20 heteroatoms. The summed E-state index contributed by atoms with van der Waals surface area (Å²) in [5, 5.41) is 23.7. The first-order valence-corrected chi connectivity index (χ1v) is 51.5. The molecule has 2 amide bonds. The van der Waals surface area contributed by atoms with E-state index in [2.05, 4.69) is 238 Å². The van der Waals surface area contributed by atoms with E-state index in [0.717, 1.165) is 136 Å². The molecule has 116 heavy (non-hydrogen) atoms. The van der Waals surface area contributed by atoms with Gasteiger partial charge >= 0.3 is 6.09 Å². The number of hydrogen-bond acceptors (Lipinski definition) is 17. The Morgan fingerprint density at radius 2 is 0.707 bits per heavy atom. The first-order chi connectivity index (χ1) is 55.4. The summed E-state index contributed by atoms with van der Waals surface area (Å²) in [6.45, 7) is 94.2. The van der Waals surface area contributed by atoms with E-state index in [1.807, 2.05) is 39.5 Å². The normalized spacial score (nSPS) is 10.2. The third-order valence-electron chi connectivity index (χ3n) is 15.8. The Balaban J connectivity index is -0.0000000811. The van der Waals surface area contributed by atoms with Crippen molar-refractivity contribution in [1.29, 1.82) is 0 Å². The summed E-state index contributed by atoms with van der Waals surface area (Å²) in [6, 6.07) is 0.713. The number of sulfone groups is 1. The van der Waals surface area contributed by atoms with Gasteiger partial charge in [0.25, 0.3) is 0 Å². The highest BCUT2D eigenvalue weighted by Gasteiger charge is 2.21. The number of thioether (sulfide) groups is 1. The van der Waals surface area contributed by atoms with Crippen molar-refractivity contribution in [2.75, 3.05) is 201 Å². The molecule has 0 spiro atoms. The Labute approximate surface area is 737 Å². The van der Waals surface area contributed by atoms with Crippen LogP contribution < -0.4 is 10.6 Å². The summed E-state index contributed by atoms with van der Waals surface area (Å²) in [4.78, 5) is 35.8. The van der Waals surface area contributed by atoms with Gasteiger partial charge in [-0.1, -0.05) is 245 Å². The molecular weight excluding hydrogens is 1490 g/mol. The molecule has 0 fully saturated rings. The van der Waals surface area contributed by atoms with Gasteiger partial charge in [0, 0.05) is 97.8 Å². The number of nitrogens with zero attached hydrogens (tertiary/aromatic N) is 6. The molecule has 4 N–H and O–H groups in total. The second-order valence-electron chi connectivity index (χ2n) is 30.0. The SMILES string of the molecule is CCCCCC.CCCCCCC.CCCN(CC)CCC.CCCN(CCC)C(=O)OC(C)(C)C.CCCN(CCC)C(C)=O.CCCN(CCC)CCCO.CCCN(CCC)CCO.CCCNCCC.CCCOCCC.CCCS(=O)(=O)CCC.CCCSCCC.CCN(CC)C(C)C.CCNCC.COCCOC. The number of hydrogen-bond donors (Lipinski definition) is 4. The Hall–Kier alpha value is -1.40. The van der Waals surface area contributed by atoms with Crippen LogP contribution in [0.5, 0.6) is 0 Å². The number of rotatable bonds is 57. The van der Waals surface area contributed by atoms with Crippen molar-refractivity contribution in [3.05, 3.63) is 0 Å². The van der Waals surface area contributed by atoms with Crippen molar-refractivity contribution in [2.24, 2.45) is 0 Å². The smallest absolute Gasteiger partial charge is 0.410 e. The van der Waals surface area contributed by atoms with E-state index in [-0.39, 0.29) is 12.0 Å². The highest BCUT2D eigenvalue weighted by atomic mass is 32.2. The van der Waals surface area contributed by atoms with Crippen LogP contribution in [-0.4, -0.2) is 273 Å². The predicted molar refractivity (Wildman–Crippen MR) is 529 cm³/mol. The van der Waals surface area contributed by atoms with E-state index in [1.54, 1.807) is 26.0 Å². The van der Waals surface area contributed by atoms with Gasteiger partial charge in [-0.2, -0.15) is 11.8 Å². The number of carbonyl (C=O) groups is 2. The molecule has 0 radical (unpaired) electrons. The van der Waals surface area contributed by atoms with E-state index in [0.29, 0.717) is 44.0 Å². The van der Waals surface area contributed by atoms with Gasteiger partial charge in [0.2, 0.25) is 5.91 Å². The molecule has 0 bridgehead atoms. The number of aliphatic hydroxyl groups excluding tert-OH is 2. The number of ether oxygens (including phenoxy) is 4. The number of amides is 2. The van der Waals surface area contributed by atoms with Gasteiger partial charge in [-0.25, -0.2) is 13.2 Å². The largest absolute Gasteiger partial charge is 0.444 e. The number of methoxy groups -OCH3 is 2. The fourth-order valence-electron chi connectivity index (χ4n) is 10.1. The van der Waals surface area contributed by atoms with Gasteiger partial charge in [0.1, 0.15) is 15.4 Å². The maximum Gasteiger partial charge on any atom is 0.410 e. The molecule has 0 unspecified atom stereocenters. The lowest BCUT2D eigenvalue weighted by Gasteiger charge is -2.26. The highest BCUT2D eigenvalue weighted by Crippen LogP contribution is 2.11. The van der Waals surface area contributed by atoms with Crippen molar-refractivity contribution in [3.8, 4) is 0 Å². The summed E-state index contributed by atoms with van der Waals surface area (Å²) in [6.07, 6.45) is 33.6. The summed E-state index contributed by atoms with van der Waals surface area (Å²) in [5.74, 6) is 3.58. The molecular formula is C96H224N8O10S2.